The third kappa shape index (κ3) is 5.27. The second kappa shape index (κ2) is 9.82. The molecule has 4 rings (SSSR count). The Morgan fingerprint density at radius 1 is 0.939 bits per heavy atom. The van der Waals surface area contributed by atoms with Gasteiger partial charge < -0.3 is 20.7 Å². The summed E-state index contributed by atoms with van der Waals surface area (Å²) in [5, 5.41) is 13.2. The van der Waals surface area contributed by atoms with Gasteiger partial charge in [-0.3, -0.25) is 9.59 Å². The van der Waals surface area contributed by atoms with Gasteiger partial charge in [-0.15, -0.1) is 5.10 Å². The van der Waals surface area contributed by atoms with E-state index in [1.165, 1.54) is 6.92 Å². The van der Waals surface area contributed by atoms with Gasteiger partial charge in [0.05, 0.1) is 12.8 Å². The molecule has 0 spiro atoms. The SMILES string of the molecule is COc1ccc(-c2cccc3nc(Nc4ccc(C(=O)NCCNC(C)=O)cc4)nn23)cc1. The van der Waals surface area contributed by atoms with Crippen molar-refractivity contribution < 1.29 is 14.3 Å². The standard InChI is InChI=1S/C24H24N6O3/c1-16(31)25-14-15-26-23(32)18-6-10-19(11-7-18)27-24-28-22-5-3-4-21(30(22)29-24)17-8-12-20(33-2)13-9-17/h3-13H,14-15H2,1-2H3,(H,25,31)(H,26,32)(H,27,29). The lowest BCUT2D eigenvalue weighted by Gasteiger charge is -2.07. The van der Waals surface area contributed by atoms with E-state index in [9.17, 15) is 9.59 Å². The molecule has 0 aliphatic heterocycles. The maximum atomic E-state index is 12.2. The van der Waals surface area contributed by atoms with E-state index >= 15 is 0 Å². The molecular formula is C24H24N6O3. The van der Waals surface area contributed by atoms with Crippen molar-refractivity contribution >= 4 is 29.1 Å². The molecule has 168 valence electrons. The van der Waals surface area contributed by atoms with E-state index in [0.717, 1.165) is 22.7 Å². The minimum atomic E-state index is -0.207. The highest BCUT2D eigenvalue weighted by molar-refractivity contribution is 5.94. The molecule has 4 aromatic rings. The largest absolute Gasteiger partial charge is 0.497 e. The van der Waals surface area contributed by atoms with Gasteiger partial charge in [0.15, 0.2) is 5.65 Å². The zero-order chi connectivity index (χ0) is 23.2. The Kier molecular flexibility index (Phi) is 6.49. The highest BCUT2D eigenvalue weighted by Gasteiger charge is 2.10. The van der Waals surface area contributed by atoms with Gasteiger partial charge in [-0.05, 0) is 60.7 Å². The summed E-state index contributed by atoms with van der Waals surface area (Å²) < 4.78 is 7.01. The number of benzene rings is 2. The second-order valence-corrected chi connectivity index (χ2v) is 7.29. The first kappa shape index (κ1) is 21.8. The van der Waals surface area contributed by atoms with Crippen LogP contribution < -0.4 is 20.7 Å². The summed E-state index contributed by atoms with van der Waals surface area (Å²) in [6, 6.07) is 20.6. The van der Waals surface area contributed by atoms with Crippen molar-refractivity contribution in [3.63, 3.8) is 0 Å². The average molecular weight is 444 g/mol. The van der Waals surface area contributed by atoms with Gasteiger partial charge in [0.1, 0.15) is 5.75 Å². The van der Waals surface area contributed by atoms with E-state index in [2.05, 4.69) is 26.0 Å². The normalized spacial score (nSPS) is 10.6. The second-order valence-electron chi connectivity index (χ2n) is 7.29. The van der Waals surface area contributed by atoms with Crippen LogP contribution in [0.1, 0.15) is 17.3 Å². The Morgan fingerprint density at radius 3 is 2.36 bits per heavy atom. The number of pyridine rings is 1. The van der Waals surface area contributed by atoms with Crippen LogP contribution in [0.25, 0.3) is 16.9 Å². The highest BCUT2D eigenvalue weighted by Crippen LogP contribution is 2.24. The van der Waals surface area contributed by atoms with E-state index in [1.807, 2.05) is 42.5 Å². The lowest BCUT2D eigenvalue weighted by atomic mass is 10.1. The van der Waals surface area contributed by atoms with Gasteiger partial charge in [-0.2, -0.15) is 4.98 Å². The van der Waals surface area contributed by atoms with Crippen molar-refractivity contribution in [2.24, 2.45) is 0 Å². The van der Waals surface area contributed by atoms with Crippen molar-refractivity contribution in [1.82, 2.24) is 25.2 Å². The molecule has 0 aliphatic carbocycles. The fraction of sp³-hybridized carbons (Fsp3) is 0.167. The lowest BCUT2D eigenvalue weighted by molar-refractivity contribution is -0.118. The topological polar surface area (TPSA) is 110 Å². The van der Waals surface area contributed by atoms with Crippen LogP contribution in [0.4, 0.5) is 11.6 Å². The molecule has 2 aromatic carbocycles. The zero-order valence-electron chi connectivity index (χ0n) is 18.3. The molecule has 0 fully saturated rings. The van der Waals surface area contributed by atoms with Crippen LogP contribution in [-0.4, -0.2) is 46.6 Å². The zero-order valence-corrected chi connectivity index (χ0v) is 18.3. The molecule has 9 nitrogen and oxygen atoms in total. The van der Waals surface area contributed by atoms with Crippen molar-refractivity contribution in [3.8, 4) is 17.0 Å². The molecule has 0 atom stereocenters. The Morgan fingerprint density at radius 2 is 1.67 bits per heavy atom. The molecular weight excluding hydrogens is 420 g/mol. The Hall–Kier alpha value is -4.40. The summed E-state index contributed by atoms with van der Waals surface area (Å²) in [6.45, 7) is 2.18. The third-order valence-corrected chi connectivity index (χ3v) is 4.93. The quantitative estimate of drug-likeness (QED) is 0.361. The number of hydrogen-bond acceptors (Lipinski definition) is 6. The molecule has 0 unspecified atom stereocenters. The Bertz CT molecular complexity index is 1270. The molecule has 2 amide bonds. The summed E-state index contributed by atoms with van der Waals surface area (Å²) >= 11 is 0. The fourth-order valence-corrected chi connectivity index (χ4v) is 3.29. The van der Waals surface area contributed by atoms with Gasteiger partial charge in [0.2, 0.25) is 11.9 Å². The van der Waals surface area contributed by atoms with Gasteiger partial charge >= 0.3 is 0 Å². The monoisotopic (exact) mass is 444 g/mol. The van der Waals surface area contributed by atoms with Crippen LogP contribution in [0.5, 0.6) is 5.75 Å². The maximum absolute atomic E-state index is 12.2. The van der Waals surface area contributed by atoms with Gasteiger partial charge in [-0.1, -0.05) is 6.07 Å². The first-order chi connectivity index (χ1) is 16.0. The number of carbonyl (C=O) groups is 2. The molecule has 0 radical (unpaired) electrons. The maximum Gasteiger partial charge on any atom is 0.251 e. The summed E-state index contributed by atoms with van der Waals surface area (Å²) in [7, 11) is 1.64. The van der Waals surface area contributed by atoms with Crippen molar-refractivity contribution in [2.75, 3.05) is 25.5 Å². The highest BCUT2D eigenvalue weighted by atomic mass is 16.5. The van der Waals surface area contributed by atoms with E-state index in [0.29, 0.717) is 30.2 Å². The number of nitrogens with one attached hydrogen (secondary N) is 3. The number of amides is 2. The van der Waals surface area contributed by atoms with Gasteiger partial charge in [0, 0.05) is 36.8 Å². The first-order valence-corrected chi connectivity index (χ1v) is 10.4. The van der Waals surface area contributed by atoms with E-state index in [-0.39, 0.29) is 11.8 Å². The van der Waals surface area contributed by atoms with Crippen molar-refractivity contribution in [2.45, 2.75) is 6.92 Å². The van der Waals surface area contributed by atoms with Crippen molar-refractivity contribution in [1.29, 1.82) is 0 Å². The molecule has 0 bridgehead atoms. The number of hydrogen-bond donors (Lipinski definition) is 3. The lowest BCUT2D eigenvalue weighted by Crippen LogP contribution is -2.33. The molecule has 3 N–H and O–H groups in total. The van der Waals surface area contributed by atoms with Crippen molar-refractivity contribution in [3.05, 3.63) is 72.3 Å². The van der Waals surface area contributed by atoms with Gasteiger partial charge in [0.25, 0.3) is 5.91 Å². The van der Waals surface area contributed by atoms with Crippen LogP contribution in [0, 0.1) is 0 Å². The molecule has 2 aromatic heterocycles. The molecule has 0 saturated carbocycles. The number of carbonyl (C=O) groups excluding carboxylic acids is 2. The van der Waals surface area contributed by atoms with E-state index in [1.54, 1.807) is 35.9 Å². The number of rotatable bonds is 8. The summed E-state index contributed by atoms with van der Waals surface area (Å²) in [4.78, 5) is 27.6. The number of ether oxygens (including phenoxy) is 1. The van der Waals surface area contributed by atoms with Crippen LogP contribution in [0.3, 0.4) is 0 Å². The van der Waals surface area contributed by atoms with Gasteiger partial charge in [-0.25, -0.2) is 4.52 Å². The molecule has 9 heteroatoms. The predicted molar refractivity (Wildman–Crippen MR) is 126 cm³/mol. The molecule has 0 aliphatic rings. The fourth-order valence-electron chi connectivity index (χ4n) is 3.29. The Labute approximate surface area is 190 Å². The van der Waals surface area contributed by atoms with Crippen LogP contribution in [0.2, 0.25) is 0 Å². The van der Waals surface area contributed by atoms with Crippen LogP contribution in [-0.2, 0) is 4.79 Å². The summed E-state index contributed by atoms with van der Waals surface area (Å²) in [5.74, 6) is 0.901. The summed E-state index contributed by atoms with van der Waals surface area (Å²) in [5.41, 5.74) is 3.88. The number of anilines is 2. The minimum Gasteiger partial charge on any atom is -0.497 e. The molecule has 0 saturated heterocycles. The molecule has 33 heavy (non-hydrogen) atoms. The van der Waals surface area contributed by atoms with Crippen LogP contribution >= 0.6 is 0 Å². The van der Waals surface area contributed by atoms with E-state index in [4.69, 9.17) is 4.74 Å². The van der Waals surface area contributed by atoms with Crippen LogP contribution in [0.15, 0.2) is 66.7 Å². The number of fused-ring (bicyclic) bond motifs is 1. The minimum absolute atomic E-state index is 0.128. The Balaban J connectivity index is 1.45. The van der Waals surface area contributed by atoms with E-state index < -0.39 is 0 Å². The average Bonchev–Trinajstić information content (AvgIpc) is 3.24. The third-order valence-electron chi connectivity index (χ3n) is 4.93. The molecule has 2 heterocycles. The first-order valence-electron chi connectivity index (χ1n) is 10.4. The number of nitrogens with zero attached hydrogens (tertiary/aromatic N) is 3. The predicted octanol–water partition coefficient (Wildman–Crippen LogP) is 3.01. The smallest absolute Gasteiger partial charge is 0.251 e. The number of aromatic nitrogens is 3. The summed E-state index contributed by atoms with van der Waals surface area (Å²) in [6.07, 6.45) is 0. The number of methoxy groups -OCH3 is 1.